The van der Waals surface area contributed by atoms with Gasteiger partial charge in [-0.25, -0.2) is 31.6 Å². The Morgan fingerprint density at radius 1 is 1.18 bits per heavy atom. The van der Waals surface area contributed by atoms with E-state index in [1.807, 2.05) is 0 Å². The van der Waals surface area contributed by atoms with Crippen LogP contribution in [0.25, 0.3) is 10.9 Å². The van der Waals surface area contributed by atoms with Gasteiger partial charge in [-0.2, -0.15) is 0 Å². The monoisotopic (exact) mass is 514 g/mol. The second kappa shape index (κ2) is 10.7. The van der Waals surface area contributed by atoms with Crippen LogP contribution in [0.15, 0.2) is 36.8 Å². The number of aromatic nitrogens is 2. The fourth-order valence-electron chi connectivity index (χ4n) is 3.37. The summed E-state index contributed by atoms with van der Waals surface area (Å²) in [6.45, 7) is 1.03. The molecular weight excluding hydrogens is 495 g/mol. The highest BCUT2D eigenvalue weighted by Gasteiger charge is 2.26. The highest BCUT2D eigenvalue weighted by Crippen LogP contribution is 2.25. The van der Waals surface area contributed by atoms with E-state index < -0.39 is 67.9 Å². The zero-order valence-electron chi connectivity index (χ0n) is 17.8. The SMILES string of the molecule is CCCS(=O)(=O)N(CCCc1cc(F)c(F)c(C(=O)c2ccc3ncncc3c2)c1F)S(=O)[O-]. The lowest BCUT2D eigenvalue weighted by atomic mass is 9.97. The van der Waals surface area contributed by atoms with Crippen molar-refractivity contribution in [2.75, 3.05) is 12.3 Å². The van der Waals surface area contributed by atoms with Crippen molar-refractivity contribution < 1.29 is 35.1 Å². The Bertz CT molecular complexity index is 1370. The number of carbonyl (C=O) groups is 1. The molecule has 0 radical (unpaired) electrons. The van der Waals surface area contributed by atoms with Gasteiger partial charge in [0.1, 0.15) is 12.1 Å². The number of hydrogen-bond acceptors (Lipinski definition) is 7. The number of carbonyl (C=O) groups excluding carboxylic acids is 1. The Balaban J connectivity index is 1.89. The molecule has 2 aromatic carbocycles. The van der Waals surface area contributed by atoms with Crippen molar-refractivity contribution in [3.05, 3.63) is 70.9 Å². The average Bonchev–Trinajstić information content (AvgIpc) is 2.79. The molecule has 0 aliphatic heterocycles. The normalized spacial score (nSPS) is 12.9. The van der Waals surface area contributed by atoms with E-state index in [0.717, 1.165) is 0 Å². The summed E-state index contributed by atoms with van der Waals surface area (Å²) in [5.41, 5.74) is -1.12. The summed E-state index contributed by atoms with van der Waals surface area (Å²) < 4.78 is 90.8. The smallest absolute Gasteiger partial charge is 0.224 e. The predicted molar refractivity (Wildman–Crippen MR) is 117 cm³/mol. The largest absolute Gasteiger partial charge is 0.759 e. The van der Waals surface area contributed by atoms with Gasteiger partial charge in [-0.1, -0.05) is 6.92 Å². The molecule has 13 heteroatoms. The van der Waals surface area contributed by atoms with Gasteiger partial charge in [0, 0.05) is 35.0 Å². The topological polar surface area (TPSA) is 120 Å². The average molecular weight is 515 g/mol. The van der Waals surface area contributed by atoms with Crippen molar-refractivity contribution in [1.29, 1.82) is 0 Å². The molecule has 0 bridgehead atoms. The summed E-state index contributed by atoms with van der Waals surface area (Å²) >= 11 is -3.09. The summed E-state index contributed by atoms with van der Waals surface area (Å²) in [4.78, 5) is 20.7. The van der Waals surface area contributed by atoms with E-state index in [0.29, 0.717) is 17.0 Å². The molecule has 1 heterocycles. The molecule has 8 nitrogen and oxygen atoms in total. The maximum Gasteiger partial charge on any atom is 0.224 e. The molecule has 182 valence electrons. The number of rotatable bonds is 10. The summed E-state index contributed by atoms with van der Waals surface area (Å²) in [6, 6.07) is 4.63. The van der Waals surface area contributed by atoms with Crippen LogP contribution in [0.3, 0.4) is 0 Å². The first kappa shape index (κ1) is 25.9. The van der Waals surface area contributed by atoms with Crippen molar-refractivity contribution in [2.45, 2.75) is 26.2 Å². The molecule has 0 amide bonds. The third kappa shape index (κ3) is 5.49. The summed E-state index contributed by atoms with van der Waals surface area (Å²) in [5.74, 6) is -5.94. The number of sulfonamides is 1. The van der Waals surface area contributed by atoms with Crippen LogP contribution in [0.4, 0.5) is 13.2 Å². The molecule has 0 fully saturated rings. The Kier molecular flexibility index (Phi) is 8.13. The zero-order chi connectivity index (χ0) is 25.0. The van der Waals surface area contributed by atoms with E-state index in [9.17, 15) is 30.8 Å². The van der Waals surface area contributed by atoms with Crippen LogP contribution in [0, 0.1) is 17.5 Å². The van der Waals surface area contributed by atoms with Gasteiger partial charge in [0.05, 0.1) is 16.8 Å². The molecule has 0 saturated heterocycles. The second-order valence-electron chi connectivity index (χ2n) is 7.31. The van der Waals surface area contributed by atoms with Gasteiger partial charge in [-0.05, 0) is 49.1 Å². The molecule has 1 unspecified atom stereocenters. The molecule has 0 aliphatic rings. The summed E-state index contributed by atoms with van der Waals surface area (Å²) in [6.07, 6.45) is 2.31. The Hall–Kier alpha value is -2.74. The molecule has 0 spiro atoms. The van der Waals surface area contributed by atoms with E-state index in [1.54, 1.807) is 6.92 Å². The van der Waals surface area contributed by atoms with Crippen LogP contribution < -0.4 is 0 Å². The second-order valence-corrected chi connectivity index (χ2v) is 10.4. The van der Waals surface area contributed by atoms with Gasteiger partial charge in [0.15, 0.2) is 17.4 Å². The number of nitrogens with zero attached hydrogens (tertiary/aromatic N) is 3. The summed E-state index contributed by atoms with van der Waals surface area (Å²) in [5, 5.41) is 0.435. The highest BCUT2D eigenvalue weighted by molar-refractivity contribution is 7.99. The number of halogens is 3. The quantitative estimate of drug-likeness (QED) is 0.232. The van der Waals surface area contributed by atoms with Crippen molar-refractivity contribution in [3.63, 3.8) is 0 Å². The minimum absolute atomic E-state index is 0.116. The van der Waals surface area contributed by atoms with E-state index in [4.69, 9.17) is 0 Å². The predicted octanol–water partition coefficient (Wildman–Crippen LogP) is 3.05. The first-order valence-corrected chi connectivity index (χ1v) is 12.7. The molecule has 0 aliphatic carbocycles. The fraction of sp³-hybridized carbons (Fsp3) is 0.286. The lowest BCUT2D eigenvalue weighted by Gasteiger charge is -2.23. The molecular formula is C21H19F3N3O5S2-. The maximum absolute atomic E-state index is 15.1. The van der Waals surface area contributed by atoms with Crippen LogP contribution in [0.5, 0.6) is 0 Å². The van der Waals surface area contributed by atoms with E-state index in [1.165, 1.54) is 30.7 Å². The van der Waals surface area contributed by atoms with Gasteiger partial charge in [0.25, 0.3) is 0 Å². The van der Waals surface area contributed by atoms with Crippen LogP contribution >= 0.6 is 0 Å². The van der Waals surface area contributed by atoms with Gasteiger partial charge in [-0.15, -0.1) is 3.71 Å². The fourth-order valence-corrected chi connectivity index (χ4v) is 5.74. The van der Waals surface area contributed by atoms with Crippen LogP contribution in [-0.4, -0.2) is 48.9 Å². The van der Waals surface area contributed by atoms with Crippen molar-refractivity contribution >= 4 is 38.0 Å². The van der Waals surface area contributed by atoms with E-state index in [-0.39, 0.29) is 28.5 Å². The van der Waals surface area contributed by atoms with Gasteiger partial charge in [0.2, 0.25) is 10.0 Å². The van der Waals surface area contributed by atoms with Crippen LogP contribution in [0.2, 0.25) is 0 Å². The minimum Gasteiger partial charge on any atom is -0.759 e. The lowest BCUT2D eigenvalue weighted by Crippen LogP contribution is -2.35. The van der Waals surface area contributed by atoms with Crippen molar-refractivity contribution in [3.8, 4) is 0 Å². The number of aryl methyl sites for hydroxylation is 1. The molecule has 1 atom stereocenters. The summed E-state index contributed by atoms with van der Waals surface area (Å²) in [7, 11) is -4.10. The zero-order valence-corrected chi connectivity index (χ0v) is 19.5. The minimum atomic E-state index is -4.10. The third-order valence-corrected chi connectivity index (χ3v) is 8.24. The third-order valence-electron chi connectivity index (χ3n) is 4.95. The van der Waals surface area contributed by atoms with Crippen molar-refractivity contribution in [2.24, 2.45) is 0 Å². The Labute approximate surface area is 196 Å². The molecule has 3 rings (SSSR count). The van der Waals surface area contributed by atoms with Gasteiger partial charge < -0.3 is 4.55 Å². The molecule has 1 aromatic heterocycles. The van der Waals surface area contributed by atoms with Gasteiger partial charge >= 0.3 is 0 Å². The van der Waals surface area contributed by atoms with Gasteiger partial charge in [-0.3, -0.25) is 9.00 Å². The maximum atomic E-state index is 15.1. The molecule has 0 N–H and O–H groups in total. The first-order chi connectivity index (χ1) is 16.1. The Morgan fingerprint density at radius 2 is 1.91 bits per heavy atom. The Morgan fingerprint density at radius 3 is 2.59 bits per heavy atom. The van der Waals surface area contributed by atoms with E-state index >= 15 is 4.39 Å². The molecule has 3 aromatic rings. The lowest BCUT2D eigenvalue weighted by molar-refractivity contribution is 0.102. The van der Waals surface area contributed by atoms with Crippen LogP contribution in [0.1, 0.15) is 41.3 Å². The number of fused-ring (bicyclic) bond motifs is 1. The van der Waals surface area contributed by atoms with E-state index in [2.05, 4.69) is 9.97 Å². The number of benzene rings is 2. The highest BCUT2D eigenvalue weighted by atomic mass is 32.3. The first-order valence-electron chi connectivity index (χ1n) is 10.1. The number of hydrogen-bond donors (Lipinski definition) is 0. The van der Waals surface area contributed by atoms with Crippen molar-refractivity contribution in [1.82, 2.24) is 13.7 Å². The molecule has 0 saturated carbocycles. The standard InChI is InChI=1S/C21H20F3N3O5S2/c1-2-8-34(31,32)27(33(29)30)7-3-4-13-10-16(22)20(24)18(19(13)23)21(28)14-5-6-17-15(9-14)11-25-12-26-17/h5-6,9-12H,2-4,7-8H2,1H3,(H,29,30)/p-1. The van der Waals surface area contributed by atoms with Crippen LogP contribution in [-0.2, 0) is 27.7 Å². The number of ketones is 1. The molecule has 34 heavy (non-hydrogen) atoms.